The third-order valence-electron chi connectivity index (χ3n) is 17.1. The van der Waals surface area contributed by atoms with E-state index >= 15 is 0 Å². The summed E-state index contributed by atoms with van der Waals surface area (Å²) in [6.07, 6.45) is 13.2. The molecule has 92 heavy (non-hydrogen) atoms. The van der Waals surface area contributed by atoms with E-state index in [-0.39, 0.29) is 0 Å². The number of anilines is 8. The Kier molecular flexibility index (Phi) is 19.4. The number of hydrogen-bond acceptors (Lipinski definition) is 4. The minimum atomic E-state index is 0.829. The lowest BCUT2D eigenvalue weighted by atomic mass is 10.1. The maximum atomic E-state index is 2.46. The van der Waals surface area contributed by atoms with Crippen molar-refractivity contribution in [2.24, 2.45) is 0 Å². The first-order valence-electron chi connectivity index (χ1n) is 32.1. The summed E-state index contributed by atoms with van der Waals surface area (Å²) in [7, 11) is 0. The molecule has 0 amide bonds. The molecule has 452 valence electrons. The van der Waals surface area contributed by atoms with Gasteiger partial charge in [0.25, 0.3) is 0 Å². The first-order chi connectivity index (χ1) is 44.9. The summed E-state index contributed by atoms with van der Waals surface area (Å²) in [5, 5.41) is 0. The molecule has 0 heterocycles. The molecule has 12 rings (SSSR count). The molecule has 0 aliphatic heterocycles. The maximum absolute atomic E-state index is 2.46. The fourth-order valence-electron chi connectivity index (χ4n) is 11.5. The van der Waals surface area contributed by atoms with Gasteiger partial charge in [-0.25, -0.2) is 0 Å². The summed E-state index contributed by atoms with van der Waals surface area (Å²) in [6.45, 7) is 16.2. The Balaban J connectivity index is 0.775. The van der Waals surface area contributed by atoms with Crippen LogP contribution in [0.3, 0.4) is 0 Å². The normalized spacial score (nSPS) is 11.4. The average molecular weight is 1190 g/mol. The van der Waals surface area contributed by atoms with Crippen molar-refractivity contribution >= 4 is 82.0 Å². The zero-order valence-electron chi connectivity index (χ0n) is 53.8. The van der Waals surface area contributed by atoms with Crippen LogP contribution in [-0.2, 0) is 26.2 Å². The largest absolute Gasteiger partial charge is 0.363 e. The lowest BCUT2D eigenvalue weighted by Crippen LogP contribution is -2.22. The van der Waals surface area contributed by atoms with Crippen molar-refractivity contribution in [1.82, 2.24) is 0 Å². The van der Waals surface area contributed by atoms with E-state index in [0.29, 0.717) is 0 Å². The monoisotopic (exact) mass is 1190 g/mol. The highest BCUT2D eigenvalue weighted by Crippen LogP contribution is 2.38. The average Bonchev–Trinajstić information content (AvgIpc) is 3.56. The van der Waals surface area contributed by atoms with E-state index in [4.69, 9.17) is 0 Å². The molecule has 0 spiro atoms. The molecule has 4 heteroatoms. The van der Waals surface area contributed by atoms with Crippen LogP contribution >= 0.6 is 0 Å². The molecule has 0 radical (unpaired) electrons. The van der Waals surface area contributed by atoms with Gasteiger partial charge in [0.15, 0.2) is 0 Å². The molecule has 0 fully saturated rings. The Labute approximate surface area is 546 Å². The second kappa shape index (κ2) is 29.1. The first-order valence-corrected chi connectivity index (χ1v) is 32.1. The molecule has 12 aromatic carbocycles. The van der Waals surface area contributed by atoms with E-state index in [1.54, 1.807) is 0 Å². The van der Waals surface area contributed by atoms with Gasteiger partial charge in [0, 0.05) is 71.7 Å². The smallest absolute Gasteiger partial charge is 0.0462 e. The Hall–Kier alpha value is -10.9. The van der Waals surface area contributed by atoms with E-state index < -0.39 is 0 Å². The Morgan fingerprint density at radius 2 is 0.315 bits per heavy atom. The van der Waals surface area contributed by atoms with Crippen LogP contribution in [0.25, 0.3) is 36.5 Å². The fourth-order valence-corrected chi connectivity index (χ4v) is 11.5. The van der Waals surface area contributed by atoms with Crippen LogP contribution in [-0.4, -0.2) is 0 Å². The number of hydrogen-bond donors (Lipinski definition) is 0. The number of nitrogens with zero attached hydrogens (tertiary/aromatic N) is 4. The minimum absolute atomic E-state index is 0.829. The third-order valence-corrected chi connectivity index (χ3v) is 17.1. The summed E-state index contributed by atoms with van der Waals surface area (Å²) >= 11 is 0. The standard InChI is InChI=1S/C88H80N4/c1-65-7-19-77(20-8-65)61-89(62-78-21-9-66(2)10-22-78)81-49-33-71(34-50-81)27-29-73-39-55-86(56-40-73)92(88-59-43-76(44-60-88)32-31-75-37-53-85(54-38-75)91(83-45-15-69(5)16-46-83)84-47-17-70(6)18-48-84)87-57-41-74(42-58-87)30-28-72-35-51-82(52-36-72)90(63-79-23-11-67(3)12-24-79)64-80-25-13-68(4)14-26-80/h7-60H,61-64H2,1-6H3. The molecule has 0 N–H and O–H groups in total. The molecule has 0 unspecified atom stereocenters. The predicted molar refractivity (Wildman–Crippen MR) is 396 cm³/mol. The summed E-state index contributed by atoms with van der Waals surface area (Å²) in [5.41, 5.74) is 28.6. The van der Waals surface area contributed by atoms with Crippen LogP contribution < -0.4 is 19.6 Å². The first kappa shape index (κ1) is 61.3. The van der Waals surface area contributed by atoms with Crippen LogP contribution in [0.15, 0.2) is 291 Å². The van der Waals surface area contributed by atoms with Crippen molar-refractivity contribution < 1.29 is 0 Å². The number of rotatable bonds is 22. The molecule has 0 atom stereocenters. The Morgan fingerprint density at radius 3 is 0.489 bits per heavy atom. The van der Waals surface area contributed by atoms with E-state index in [9.17, 15) is 0 Å². The quantitative estimate of drug-likeness (QED) is 0.0627. The van der Waals surface area contributed by atoms with Crippen molar-refractivity contribution in [2.75, 3.05) is 19.6 Å². The third kappa shape index (κ3) is 16.3. The molecule has 4 nitrogen and oxygen atoms in total. The lowest BCUT2D eigenvalue weighted by Gasteiger charge is -2.26. The van der Waals surface area contributed by atoms with E-state index in [2.05, 4.69) is 389 Å². The van der Waals surface area contributed by atoms with Gasteiger partial charge in [0.2, 0.25) is 0 Å². The minimum Gasteiger partial charge on any atom is -0.363 e. The summed E-state index contributed by atoms with van der Waals surface area (Å²) in [4.78, 5) is 9.58. The van der Waals surface area contributed by atoms with Crippen LogP contribution in [0.2, 0.25) is 0 Å². The highest BCUT2D eigenvalue weighted by atomic mass is 15.2. The van der Waals surface area contributed by atoms with Crippen molar-refractivity contribution in [3.8, 4) is 0 Å². The predicted octanol–water partition coefficient (Wildman–Crippen LogP) is 23.4. The fraction of sp³-hybridized carbons (Fsp3) is 0.114. The van der Waals surface area contributed by atoms with Crippen molar-refractivity contribution in [3.05, 3.63) is 380 Å². The van der Waals surface area contributed by atoms with Gasteiger partial charge < -0.3 is 19.6 Å². The number of aryl methyl sites for hydroxylation is 6. The molecule has 0 aliphatic carbocycles. The van der Waals surface area contributed by atoms with Gasteiger partial charge in [-0.2, -0.15) is 0 Å². The number of benzene rings is 12. The molecule has 0 saturated carbocycles. The second-order valence-corrected chi connectivity index (χ2v) is 24.5. The molecular weight excluding hydrogens is 1110 g/mol. The molecule has 0 bridgehead atoms. The Morgan fingerprint density at radius 1 is 0.174 bits per heavy atom. The maximum Gasteiger partial charge on any atom is 0.0462 e. The van der Waals surface area contributed by atoms with Gasteiger partial charge in [0.05, 0.1) is 0 Å². The van der Waals surface area contributed by atoms with Gasteiger partial charge in [0.1, 0.15) is 0 Å². The highest BCUT2D eigenvalue weighted by Gasteiger charge is 2.16. The van der Waals surface area contributed by atoms with Crippen molar-refractivity contribution in [1.29, 1.82) is 0 Å². The summed E-state index contributed by atoms with van der Waals surface area (Å²) in [5.74, 6) is 0. The van der Waals surface area contributed by atoms with Crippen LogP contribution in [0, 0.1) is 41.5 Å². The molecule has 0 aromatic heterocycles. The van der Waals surface area contributed by atoms with E-state index in [1.807, 2.05) is 0 Å². The molecule has 12 aromatic rings. The van der Waals surface area contributed by atoms with Crippen molar-refractivity contribution in [3.63, 3.8) is 0 Å². The summed E-state index contributed by atoms with van der Waals surface area (Å²) in [6, 6.07) is 106. The van der Waals surface area contributed by atoms with E-state index in [1.165, 1.54) is 67.0 Å². The topological polar surface area (TPSA) is 13.0 Å². The van der Waals surface area contributed by atoms with Gasteiger partial charge in [-0.1, -0.05) is 264 Å². The molecule has 0 aliphatic rings. The SMILES string of the molecule is Cc1ccc(CN(Cc2ccc(C)cc2)c2ccc(C=Cc3ccc(N(c4ccc(C=Cc5ccc(N(Cc6ccc(C)cc6)Cc6ccc(C)cc6)cc5)cc4)c4ccc(C=Cc5ccc(N(c6ccc(C)cc6)c6ccc(C)cc6)cc5)cc4)cc3)cc2)cc1. The van der Waals surface area contributed by atoms with Crippen LogP contribution in [0.1, 0.15) is 89.0 Å². The van der Waals surface area contributed by atoms with Gasteiger partial charge in [-0.3, -0.25) is 0 Å². The van der Waals surface area contributed by atoms with Gasteiger partial charge >= 0.3 is 0 Å². The van der Waals surface area contributed by atoms with E-state index in [0.717, 1.165) is 93.7 Å². The lowest BCUT2D eigenvalue weighted by molar-refractivity contribution is 0.799. The zero-order chi connectivity index (χ0) is 63.2. The van der Waals surface area contributed by atoms with Gasteiger partial charge in [-0.15, -0.1) is 0 Å². The van der Waals surface area contributed by atoms with Crippen LogP contribution in [0.4, 0.5) is 45.5 Å². The second-order valence-electron chi connectivity index (χ2n) is 24.5. The highest BCUT2D eigenvalue weighted by molar-refractivity contribution is 5.82. The molecule has 0 saturated heterocycles. The van der Waals surface area contributed by atoms with Crippen LogP contribution in [0.5, 0.6) is 0 Å². The zero-order valence-corrected chi connectivity index (χ0v) is 53.8. The molecular formula is C88H80N4. The Bertz CT molecular complexity index is 4060. The van der Waals surface area contributed by atoms with Gasteiger partial charge in [-0.05, 0) is 194 Å². The van der Waals surface area contributed by atoms with Crippen molar-refractivity contribution in [2.45, 2.75) is 67.7 Å². The summed E-state index contributed by atoms with van der Waals surface area (Å²) < 4.78 is 0.